The van der Waals surface area contributed by atoms with Crippen LogP contribution in [0.2, 0.25) is 0 Å². The molecular formula is C32H80N8O4S4. The van der Waals surface area contributed by atoms with Gasteiger partial charge in [0.25, 0.3) is 0 Å². The number of hydrogen-bond acceptors (Lipinski definition) is 12. The maximum atomic E-state index is 10.8. The molecule has 48 heavy (non-hydrogen) atoms. The van der Waals surface area contributed by atoms with E-state index in [-0.39, 0.29) is 59.3 Å². The van der Waals surface area contributed by atoms with Gasteiger partial charge < -0.3 is 43.0 Å². The number of carbonyl (C=O) groups excluding carboxylic acids is 4. The third-order valence-corrected chi connectivity index (χ3v) is 9.05. The fourth-order valence-corrected chi connectivity index (χ4v) is 6.08. The number of primary amides is 3. The van der Waals surface area contributed by atoms with Gasteiger partial charge in [-0.3, -0.25) is 19.2 Å². The fraction of sp³-hybridized carbons (Fsp3) is 0.875. The zero-order valence-electron chi connectivity index (χ0n) is 28.6. The molecule has 0 aliphatic carbocycles. The molecule has 1 atom stereocenters. The van der Waals surface area contributed by atoms with Crippen molar-refractivity contribution in [2.45, 2.75) is 55.9 Å². The van der Waals surface area contributed by atoms with E-state index < -0.39 is 0 Å². The first kappa shape index (κ1) is 65.5. The Morgan fingerprint density at radius 3 is 1.21 bits per heavy atom. The zero-order valence-corrected chi connectivity index (χ0v) is 31.9. The molecule has 16 heteroatoms. The molecule has 4 amide bonds. The van der Waals surface area contributed by atoms with E-state index in [4.69, 9.17) is 22.9 Å². The second kappa shape index (κ2) is 50.5. The van der Waals surface area contributed by atoms with Crippen molar-refractivity contribution < 1.29 is 19.2 Å². The highest BCUT2D eigenvalue weighted by atomic mass is 32.2. The Bertz CT molecular complexity index is 695. The van der Waals surface area contributed by atoms with Gasteiger partial charge in [-0.05, 0) is 42.3 Å². The summed E-state index contributed by atoms with van der Waals surface area (Å²) in [5.41, 5.74) is 20.2. The van der Waals surface area contributed by atoms with Crippen LogP contribution >= 0.6 is 47.0 Å². The molecule has 0 aromatic carbocycles. The molecule has 0 spiro atoms. The Morgan fingerprint density at radius 1 is 0.583 bits per heavy atom. The van der Waals surface area contributed by atoms with Crippen molar-refractivity contribution in [3.8, 4) is 0 Å². The van der Waals surface area contributed by atoms with Crippen LogP contribution in [0.5, 0.6) is 0 Å². The molecule has 0 aliphatic rings. The number of nitrogens with two attached hydrogens (primary N) is 4. The standard InChI is InChI=1S/2C8H18N2OS.C7H16N2OS.C5H12N2OS.4CH4/c1-9-8(11)4-6-12-7-5-10(2)3;1-7(8(9)11)6-12-5-4-10(2)3;1-9(2)4-6-11-5-3-7(8)10;6-2-4-9-3-1-5(7)8;;;;/h4-7H2,1-3H3,(H,9,11);7H,4-6H2,1-3H3,(H2,9,11);3-6H2,1-2H3,(H2,8,10);1-4,6H2,(H2,7,8);4*1H4. The molecule has 0 rings (SSSR count). The van der Waals surface area contributed by atoms with E-state index in [2.05, 4.69) is 34.1 Å². The smallest absolute Gasteiger partial charge is 0.221 e. The summed E-state index contributed by atoms with van der Waals surface area (Å²) in [4.78, 5) is 48.2. The SMILES string of the molecule is C.C.C.C.CC(CSCCN(C)C)C(N)=O.CN(C)CCSCCC(N)=O.CNC(=O)CCSCCN(C)C.NCCSCCC(N)=O. The highest BCUT2D eigenvalue weighted by Crippen LogP contribution is 2.07. The van der Waals surface area contributed by atoms with Gasteiger partial charge in [0.05, 0.1) is 0 Å². The molecule has 0 aliphatic heterocycles. The van der Waals surface area contributed by atoms with Gasteiger partial charge in [0.1, 0.15) is 0 Å². The van der Waals surface area contributed by atoms with Crippen molar-refractivity contribution in [1.82, 2.24) is 20.0 Å². The van der Waals surface area contributed by atoms with Gasteiger partial charge in [0.15, 0.2) is 0 Å². The Morgan fingerprint density at radius 2 is 0.917 bits per heavy atom. The van der Waals surface area contributed by atoms with E-state index in [9.17, 15) is 19.2 Å². The lowest BCUT2D eigenvalue weighted by atomic mass is 10.2. The number of rotatable bonds is 23. The van der Waals surface area contributed by atoms with Crippen LogP contribution < -0.4 is 28.3 Å². The van der Waals surface area contributed by atoms with Crippen molar-refractivity contribution in [3.63, 3.8) is 0 Å². The normalized spacial score (nSPS) is 10.1. The largest absolute Gasteiger partial charge is 0.370 e. The Balaban J connectivity index is -0.0000000724. The zero-order chi connectivity index (χ0) is 34.8. The summed E-state index contributed by atoms with van der Waals surface area (Å²) in [5.74, 6) is 7.04. The maximum Gasteiger partial charge on any atom is 0.221 e. The first-order valence-corrected chi connectivity index (χ1v) is 19.2. The van der Waals surface area contributed by atoms with Crippen LogP contribution in [0, 0.1) is 5.92 Å². The average Bonchev–Trinajstić information content (AvgIpc) is 2.93. The number of thioether (sulfide) groups is 4. The van der Waals surface area contributed by atoms with E-state index in [1.54, 1.807) is 42.3 Å². The molecule has 0 heterocycles. The summed E-state index contributed by atoms with van der Waals surface area (Å²) in [6.45, 7) is 5.73. The molecule has 1 unspecified atom stereocenters. The van der Waals surface area contributed by atoms with Gasteiger partial charge in [-0.25, -0.2) is 0 Å². The van der Waals surface area contributed by atoms with E-state index in [1.807, 2.05) is 46.9 Å². The summed E-state index contributed by atoms with van der Waals surface area (Å²) in [6.07, 6.45) is 1.59. The predicted octanol–water partition coefficient (Wildman–Crippen LogP) is 3.07. The highest BCUT2D eigenvalue weighted by molar-refractivity contribution is 7.99. The van der Waals surface area contributed by atoms with Gasteiger partial charge in [0.2, 0.25) is 23.6 Å². The van der Waals surface area contributed by atoms with Gasteiger partial charge in [-0.2, -0.15) is 47.0 Å². The molecule has 0 saturated heterocycles. The molecular weight excluding hydrogens is 689 g/mol. The average molecular weight is 769 g/mol. The molecule has 296 valence electrons. The van der Waals surface area contributed by atoms with Crippen molar-refractivity contribution in [2.24, 2.45) is 28.9 Å². The molecule has 0 aromatic heterocycles. The Labute approximate surface area is 314 Å². The molecule has 0 saturated carbocycles. The third kappa shape index (κ3) is 75.4. The van der Waals surface area contributed by atoms with E-state index in [1.165, 1.54) is 0 Å². The van der Waals surface area contributed by atoms with Crippen molar-refractivity contribution in [3.05, 3.63) is 0 Å². The first-order valence-electron chi connectivity index (χ1n) is 14.6. The summed E-state index contributed by atoms with van der Waals surface area (Å²) in [6, 6.07) is 0. The van der Waals surface area contributed by atoms with Gasteiger partial charge >= 0.3 is 0 Å². The van der Waals surface area contributed by atoms with Crippen LogP contribution in [0.15, 0.2) is 0 Å². The summed E-state index contributed by atoms with van der Waals surface area (Å²) in [5, 5.41) is 2.60. The lowest BCUT2D eigenvalue weighted by Gasteiger charge is -2.10. The fourth-order valence-electron chi connectivity index (χ4n) is 2.11. The maximum absolute atomic E-state index is 10.8. The van der Waals surface area contributed by atoms with Crippen molar-refractivity contribution >= 4 is 70.7 Å². The summed E-state index contributed by atoms with van der Waals surface area (Å²) >= 11 is 7.02. The van der Waals surface area contributed by atoms with Crippen molar-refractivity contribution in [1.29, 1.82) is 0 Å². The number of nitrogens with zero attached hydrogens (tertiary/aromatic N) is 3. The molecule has 0 aromatic rings. The van der Waals surface area contributed by atoms with Crippen LogP contribution in [-0.2, 0) is 19.2 Å². The van der Waals surface area contributed by atoms with Gasteiger partial charge in [-0.15, -0.1) is 0 Å². The molecule has 9 N–H and O–H groups in total. The second-order valence-electron chi connectivity index (χ2n) is 10.3. The van der Waals surface area contributed by atoms with Gasteiger partial charge in [-0.1, -0.05) is 36.6 Å². The first-order chi connectivity index (χ1) is 20.6. The topological polar surface area (TPSA) is 194 Å². The number of hydrogen-bond donors (Lipinski definition) is 5. The molecule has 0 fully saturated rings. The second-order valence-corrected chi connectivity index (χ2v) is 15.1. The highest BCUT2D eigenvalue weighted by Gasteiger charge is 2.07. The van der Waals surface area contributed by atoms with E-state index in [0.717, 1.165) is 65.7 Å². The van der Waals surface area contributed by atoms with Crippen LogP contribution in [0.25, 0.3) is 0 Å². The van der Waals surface area contributed by atoms with E-state index >= 15 is 0 Å². The van der Waals surface area contributed by atoms with Crippen LogP contribution in [-0.4, -0.2) is 160 Å². The lowest BCUT2D eigenvalue weighted by Crippen LogP contribution is -2.23. The summed E-state index contributed by atoms with van der Waals surface area (Å²) in [7, 11) is 13.9. The summed E-state index contributed by atoms with van der Waals surface area (Å²) < 4.78 is 0. The lowest BCUT2D eigenvalue weighted by molar-refractivity contribution is -0.121. The van der Waals surface area contributed by atoms with Crippen LogP contribution in [0.1, 0.15) is 55.9 Å². The van der Waals surface area contributed by atoms with Crippen LogP contribution in [0.4, 0.5) is 0 Å². The quantitative estimate of drug-likeness (QED) is 0.0956. The minimum atomic E-state index is -0.237. The molecule has 0 bridgehead atoms. The minimum absolute atomic E-state index is 0. The van der Waals surface area contributed by atoms with Crippen LogP contribution in [0.3, 0.4) is 0 Å². The third-order valence-electron chi connectivity index (χ3n) is 4.90. The van der Waals surface area contributed by atoms with Crippen molar-refractivity contribution in [2.75, 3.05) is 122 Å². The monoisotopic (exact) mass is 769 g/mol. The molecule has 12 nitrogen and oxygen atoms in total. The number of nitrogens with one attached hydrogen (secondary N) is 1. The number of carbonyl (C=O) groups is 4. The number of amides is 4. The van der Waals surface area contributed by atoms with Gasteiger partial charge in [0, 0.05) is 104 Å². The Hall–Kier alpha value is -0.880. The Kier molecular flexibility index (Phi) is 68.9. The predicted molar refractivity (Wildman–Crippen MR) is 226 cm³/mol. The minimum Gasteiger partial charge on any atom is -0.370 e. The molecule has 0 radical (unpaired) electrons. The van der Waals surface area contributed by atoms with E-state index in [0.29, 0.717) is 25.8 Å².